The molecule has 1 aromatic rings. The molecule has 0 aliphatic carbocycles. The highest BCUT2D eigenvalue weighted by atomic mass is 16.5. The van der Waals surface area contributed by atoms with Crippen LogP contribution in [-0.2, 0) is 0 Å². The van der Waals surface area contributed by atoms with Crippen LogP contribution in [0.25, 0.3) is 0 Å². The van der Waals surface area contributed by atoms with Crippen molar-refractivity contribution in [2.75, 3.05) is 6.61 Å². The van der Waals surface area contributed by atoms with E-state index in [1.54, 1.807) is 0 Å². The average Bonchev–Trinajstić information content (AvgIpc) is 2.36. The summed E-state index contributed by atoms with van der Waals surface area (Å²) in [6.45, 7) is 6.19. The van der Waals surface area contributed by atoms with E-state index in [1.807, 2.05) is 45.0 Å². The normalized spacial score (nSPS) is 13.5. The maximum absolute atomic E-state index is 10.1. The van der Waals surface area contributed by atoms with E-state index in [1.165, 1.54) is 0 Å². The van der Waals surface area contributed by atoms with Crippen LogP contribution >= 0.6 is 0 Å². The zero-order chi connectivity index (χ0) is 12.9. The number of ether oxygens (including phenoxy) is 1. The SMILES string of the molecule is CCC(O)(CC)COc1cccc([C@@H](C)N)c1. The highest BCUT2D eigenvalue weighted by molar-refractivity contribution is 5.30. The Balaban J connectivity index is 2.66. The second kappa shape index (κ2) is 6.03. The molecule has 3 nitrogen and oxygen atoms in total. The summed E-state index contributed by atoms with van der Waals surface area (Å²) in [6, 6.07) is 7.71. The standard InChI is InChI=1S/C14H23NO2/c1-4-14(16,5-2)10-17-13-8-6-7-12(9-13)11(3)15/h6-9,11,16H,4-5,10,15H2,1-3H3/t11-/m1/s1. The molecule has 3 heteroatoms. The minimum absolute atomic E-state index is 0.00483. The number of aliphatic hydroxyl groups is 1. The van der Waals surface area contributed by atoms with Gasteiger partial charge < -0.3 is 15.6 Å². The molecule has 0 aliphatic rings. The number of hydrogen-bond donors (Lipinski definition) is 2. The molecule has 0 amide bonds. The van der Waals surface area contributed by atoms with Gasteiger partial charge in [0, 0.05) is 6.04 Å². The highest BCUT2D eigenvalue weighted by Gasteiger charge is 2.23. The van der Waals surface area contributed by atoms with Crippen LogP contribution < -0.4 is 10.5 Å². The van der Waals surface area contributed by atoms with E-state index in [0.29, 0.717) is 19.4 Å². The lowest BCUT2D eigenvalue weighted by atomic mass is 9.99. The van der Waals surface area contributed by atoms with Crippen LogP contribution in [0, 0.1) is 0 Å². The van der Waals surface area contributed by atoms with Gasteiger partial charge in [0.05, 0.1) is 5.60 Å². The van der Waals surface area contributed by atoms with Gasteiger partial charge in [-0.1, -0.05) is 26.0 Å². The summed E-state index contributed by atoms with van der Waals surface area (Å²) in [7, 11) is 0. The van der Waals surface area contributed by atoms with Crippen molar-refractivity contribution in [2.24, 2.45) is 5.73 Å². The van der Waals surface area contributed by atoms with E-state index < -0.39 is 5.60 Å². The Morgan fingerprint density at radius 1 is 1.35 bits per heavy atom. The molecule has 17 heavy (non-hydrogen) atoms. The van der Waals surface area contributed by atoms with Gasteiger partial charge >= 0.3 is 0 Å². The molecule has 0 heterocycles. The monoisotopic (exact) mass is 237 g/mol. The lowest BCUT2D eigenvalue weighted by Gasteiger charge is -2.25. The first-order valence-electron chi connectivity index (χ1n) is 6.21. The third kappa shape index (κ3) is 4.02. The Labute approximate surface area is 104 Å². The lowest BCUT2D eigenvalue weighted by molar-refractivity contribution is -0.0113. The topological polar surface area (TPSA) is 55.5 Å². The summed E-state index contributed by atoms with van der Waals surface area (Å²) < 4.78 is 5.64. The Morgan fingerprint density at radius 2 is 2.00 bits per heavy atom. The Hall–Kier alpha value is -1.06. The van der Waals surface area contributed by atoms with Crippen LogP contribution in [0.15, 0.2) is 24.3 Å². The fourth-order valence-electron chi connectivity index (χ4n) is 1.56. The second-order valence-corrected chi connectivity index (χ2v) is 4.58. The summed E-state index contributed by atoms with van der Waals surface area (Å²) in [5, 5.41) is 10.1. The molecule has 0 aromatic heterocycles. The average molecular weight is 237 g/mol. The molecule has 0 saturated carbocycles. The summed E-state index contributed by atoms with van der Waals surface area (Å²) in [5.74, 6) is 0.764. The van der Waals surface area contributed by atoms with E-state index in [-0.39, 0.29) is 6.04 Å². The van der Waals surface area contributed by atoms with E-state index in [4.69, 9.17) is 10.5 Å². The predicted molar refractivity (Wildman–Crippen MR) is 70.1 cm³/mol. The summed E-state index contributed by atoms with van der Waals surface area (Å²) in [4.78, 5) is 0. The summed E-state index contributed by atoms with van der Waals surface area (Å²) >= 11 is 0. The van der Waals surface area contributed by atoms with Crippen molar-refractivity contribution in [3.63, 3.8) is 0 Å². The highest BCUT2D eigenvalue weighted by Crippen LogP contribution is 2.21. The van der Waals surface area contributed by atoms with Crippen LogP contribution in [0.2, 0.25) is 0 Å². The van der Waals surface area contributed by atoms with Crippen LogP contribution in [0.5, 0.6) is 5.75 Å². The summed E-state index contributed by atoms with van der Waals surface area (Å²) in [5.41, 5.74) is 6.12. The van der Waals surface area contributed by atoms with Crippen molar-refractivity contribution in [1.82, 2.24) is 0 Å². The minimum atomic E-state index is -0.732. The van der Waals surface area contributed by atoms with E-state index >= 15 is 0 Å². The van der Waals surface area contributed by atoms with Crippen LogP contribution in [0.3, 0.4) is 0 Å². The predicted octanol–water partition coefficient (Wildman–Crippen LogP) is 2.64. The second-order valence-electron chi connectivity index (χ2n) is 4.58. The van der Waals surface area contributed by atoms with Crippen molar-refractivity contribution in [1.29, 1.82) is 0 Å². The van der Waals surface area contributed by atoms with Gasteiger partial charge in [-0.3, -0.25) is 0 Å². The smallest absolute Gasteiger partial charge is 0.119 e. The third-order valence-electron chi connectivity index (χ3n) is 3.21. The molecular formula is C14H23NO2. The molecular weight excluding hydrogens is 214 g/mol. The maximum atomic E-state index is 10.1. The Morgan fingerprint density at radius 3 is 2.53 bits per heavy atom. The first-order chi connectivity index (χ1) is 8.00. The first-order valence-corrected chi connectivity index (χ1v) is 6.21. The maximum Gasteiger partial charge on any atom is 0.119 e. The Kier molecular flexibility index (Phi) is 4.97. The first kappa shape index (κ1) is 14.0. The molecule has 0 unspecified atom stereocenters. The van der Waals surface area contributed by atoms with Gasteiger partial charge in [-0.15, -0.1) is 0 Å². The van der Waals surface area contributed by atoms with Gasteiger partial charge in [0.15, 0.2) is 0 Å². The van der Waals surface area contributed by atoms with Crippen molar-refractivity contribution in [3.05, 3.63) is 29.8 Å². The van der Waals surface area contributed by atoms with E-state index in [9.17, 15) is 5.11 Å². The van der Waals surface area contributed by atoms with Gasteiger partial charge in [-0.25, -0.2) is 0 Å². The zero-order valence-electron chi connectivity index (χ0n) is 10.9. The number of hydrogen-bond acceptors (Lipinski definition) is 3. The van der Waals surface area contributed by atoms with Gasteiger partial charge in [-0.2, -0.15) is 0 Å². The van der Waals surface area contributed by atoms with Crippen LogP contribution in [0.4, 0.5) is 0 Å². The van der Waals surface area contributed by atoms with Crippen molar-refractivity contribution in [2.45, 2.75) is 45.3 Å². The molecule has 0 aliphatic heterocycles. The van der Waals surface area contributed by atoms with E-state index in [0.717, 1.165) is 11.3 Å². The van der Waals surface area contributed by atoms with Gasteiger partial charge in [-0.05, 0) is 37.5 Å². The lowest BCUT2D eigenvalue weighted by Crippen LogP contribution is -2.34. The molecule has 1 aromatic carbocycles. The van der Waals surface area contributed by atoms with E-state index in [2.05, 4.69) is 0 Å². The Bertz CT molecular complexity index is 346. The minimum Gasteiger partial charge on any atom is -0.491 e. The van der Waals surface area contributed by atoms with Gasteiger partial charge in [0.1, 0.15) is 12.4 Å². The third-order valence-corrected chi connectivity index (χ3v) is 3.21. The number of nitrogens with two attached hydrogens (primary N) is 1. The molecule has 1 atom stereocenters. The zero-order valence-corrected chi connectivity index (χ0v) is 10.9. The molecule has 1 rings (SSSR count). The molecule has 0 fully saturated rings. The van der Waals surface area contributed by atoms with Crippen molar-refractivity contribution >= 4 is 0 Å². The van der Waals surface area contributed by atoms with Crippen molar-refractivity contribution < 1.29 is 9.84 Å². The van der Waals surface area contributed by atoms with Crippen LogP contribution in [-0.4, -0.2) is 17.3 Å². The molecule has 3 N–H and O–H groups in total. The largest absolute Gasteiger partial charge is 0.491 e. The van der Waals surface area contributed by atoms with Gasteiger partial charge in [0.2, 0.25) is 0 Å². The fraction of sp³-hybridized carbons (Fsp3) is 0.571. The number of rotatable bonds is 6. The molecule has 0 saturated heterocycles. The van der Waals surface area contributed by atoms with Crippen molar-refractivity contribution in [3.8, 4) is 5.75 Å². The van der Waals surface area contributed by atoms with Gasteiger partial charge in [0.25, 0.3) is 0 Å². The summed E-state index contributed by atoms with van der Waals surface area (Å²) in [6.07, 6.45) is 1.38. The quantitative estimate of drug-likeness (QED) is 0.799. The molecule has 0 bridgehead atoms. The molecule has 96 valence electrons. The molecule has 0 spiro atoms. The number of benzene rings is 1. The van der Waals surface area contributed by atoms with Crippen LogP contribution in [0.1, 0.15) is 45.2 Å². The molecule has 0 radical (unpaired) electrons. The fourth-order valence-corrected chi connectivity index (χ4v) is 1.56.